The SMILES string of the molecule is Cc1ccc(C(C)NC(=O)CSc2nnnn2-c2c(C)cccc2C)cc1C. The lowest BCUT2D eigenvalue weighted by molar-refractivity contribution is -0.119. The van der Waals surface area contributed by atoms with Gasteiger partial charge in [-0.3, -0.25) is 4.79 Å². The number of nitrogens with zero attached hydrogens (tertiary/aromatic N) is 4. The van der Waals surface area contributed by atoms with Crippen LogP contribution in [0.1, 0.15) is 40.8 Å². The molecule has 0 radical (unpaired) electrons. The molecule has 0 saturated carbocycles. The maximum atomic E-state index is 12.4. The molecule has 1 atom stereocenters. The molecule has 0 bridgehead atoms. The number of tetrazole rings is 1. The molecule has 6 nitrogen and oxygen atoms in total. The number of hydrogen-bond donors (Lipinski definition) is 1. The molecule has 3 aromatic rings. The van der Waals surface area contributed by atoms with Gasteiger partial charge in [-0.1, -0.05) is 48.2 Å². The van der Waals surface area contributed by atoms with Crippen molar-refractivity contribution in [2.24, 2.45) is 0 Å². The van der Waals surface area contributed by atoms with Crippen LogP contribution >= 0.6 is 11.8 Å². The third-order valence-corrected chi connectivity index (χ3v) is 5.75. The molecule has 0 spiro atoms. The highest BCUT2D eigenvalue weighted by Crippen LogP contribution is 2.23. The maximum absolute atomic E-state index is 12.4. The van der Waals surface area contributed by atoms with E-state index >= 15 is 0 Å². The Morgan fingerprint density at radius 2 is 1.79 bits per heavy atom. The largest absolute Gasteiger partial charge is 0.349 e. The fraction of sp³-hybridized carbons (Fsp3) is 0.333. The van der Waals surface area contributed by atoms with Gasteiger partial charge in [-0.2, -0.15) is 4.68 Å². The molecular weight excluding hydrogens is 370 g/mol. The summed E-state index contributed by atoms with van der Waals surface area (Å²) in [5, 5.41) is 15.7. The molecule has 146 valence electrons. The summed E-state index contributed by atoms with van der Waals surface area (Å²) in [4.78, 5) is 12.4. The summed E-state index contributed by atoms with van der Waals surface area (Å²) in [6.07, 6.45) is 0. The van der Waals surface area contributed by atoms with Crippen molar-refractivity contribution in [3.05, 3.63) is 64.2 Å². The minimum Gasteiger partial charge on any atom is -0.349 e. The van der Waals surface area contributed by atoms with Gasteiger partial charge in [0.1, 0.15) is 0 Å². The number of nitrogens with one attached hydrogen (secondary N) is 1. The second-order valence-electron chi connectivity index (χ2n) is 7.04. The standard InChI is InChI=1S/C21H25N5OS/c1-13-9-10-18(11-16(13)4)17(5)22-19(27)12-28-21-23-24-25-26(21)20-14(2)7-6-8-15(20)3/h6-11,17H,12H2,1-5H3,(H,22,27). The Labute approximate surface area is 169 Å². The molecule has 0 saturated heterocycles. The second kappa shape index (κ2) is 8.56. The molecule has 2 aromatic carbocycles. The number of amides is 1. The number of carbonyl (C=O) groups excluding carboxylic acids is 1. The predicted molar refractivity (Wildman–Crippen MR) is 112 cm³/mol. The van der Waals surface area contributed by atoms with E-state index in [0.29, 0.717) is 5.16 Å². The first-order chi connectivity index (χ1) is 13.4. The van der Waals surface area contributed by atoms with Crippen LogP contribution in [0, 0.1) is 27.7 Å². The van der Waals surface area contributed by atoms with Crippen molar-refractivity contribution in [1.82, 2.24) is 25.5 Å². The van der Waals surface area contributed by atoms with E-state index in [1.807, 2.05) is 39.0 Å². The van der Waals surface area contributed by atoms with Crippen molar-refractivity contribution in [3.8, 4) is 5.69 Å². The van der Waals surface area contributed by atoms with Crippen molar-refractivity contribution >= 4 is 17.7 Å². The molecule has 0 aliphatic carbocycles. The number of para-hydroxylation sites is 1. The van der Waals surface area contributed by atoms with Crippen molar-refractivity contribution < 1.29 is 4.79 Å². The predicted octanol–water partition coefficient (Wildman–Crippen LogP) is 3.87. The van der Waals surface area contributed by atoms with E-state index in [1.165, 1.54) is 22.9 Å². The summed E-state index contributed by atoms with van der Waals surface area (Å²) in [5.74, 6) is 0.201. The minimum atomic E-state index is -0.0537. The number of aromatic nitrogens is 4. The van der Waals surface area contributed by atoms with E-state index in [2.05, 4.69) is 52.9 Å². The smallest absolute Gasteiger partial charge is 0.230 e. The van der Waals surface area contributed by atoms with E-state index in [1.54, 1.807) is 4.68 Å². The van der Waals surface area contributed by atoms with Crippen LogP contribution in [0.25, 0.3) is 5.69 Å². The van der Waals surface area contributed by atoms with Gasteiger partial charge in [-0.05, 0) is 72.9 Å². The summed E-state index contributed by atoms with van der Waals surface area (Å²) >= 11 is 1.33. The third kappa shape index (κ3) is 4.42. The lowest BCUT2D eigenvalue weighted by Gasteiger charge is -2.15. The van der Waals surface area contributed by atoms with Crippen LogP contribution in [-0.4, -0.2) is 31.9 Å². The van der Waals surface area contributed by atoms with E-state index in [-0.39, 0.29) is 17.7 Å². The Kier molecular flexibility index (Phi) is 6.14. The van der Waals surface area contributed by atoms with Gasteiger partial charge in [0, 0.05) is 0 Å². The zero-order valence-corrected chi connectivity index (χ0v) is 17.7. The molecule has 3 rings (SSSR count). The molecule has 1 N–H and O–H groups in total. The Bertz CT molecular complexity index is 978. The molecule has 1 amide bonds. The molecular formula is C21H25N5OS. The molecule has 7 heteroatoms. The lowest BCUT2D eigenvalue weighted by atomic mass is 10.0. The van der Waals surface area contributed by atoms with Gasteiger partial charge in [-0.25, -0.2) is 0 Å². The lowest BCUT2D eigenvalue weighted by Crippen LogP contribution is -2.28. The Morgan fingerprint density at radius 1 is 1.07 bits per heavy atom. The quantitative estimate of drug-likeness (QED) is 0.642. The summed E-state index contributed by atoms with van der Waals surface area (Å²) < 4.78 is 1.70. The number of hydrogen-bond acceptors (Lipinski definition) is 5. The molecule has 0 fully saturated rings. The van der Waals surface area contributed by atoms with Crippen LogP contribution in [0.3, 0.4) is 0 Å². The Balaban J connectivity index is 1.66. The molecule has 1 unspecified atom stereocenters. The number of carbonyl (C=O) groups is 1. The van der Waals surface area contributed by atoms with Crippen molar-refractivity contribution in [3.63, 3.8) is 0 Å². The summed E-state index contributed by atoms with van der Waals surface area (Å²) in [6.45, 7) is 10.2. The van der Waals surface area contributed by atoms with Crippen LogP contribution in [-0.2, 0) is 4.79 Å². The zero-order valence-electron chi connectivity index (χ0n) is 16.9. The maximum Gasteiger partial charge on any atom is 0.230 e. The fourth-order valence-corrected chi connectivity index (χ4v) is 3.77. The van der Waals surface area contributed by atoms with Crippen molar-refractivity contribution in [1.29, 1.82) is 0 Å². The van der Waals surface area contributed by atoms with Gasteiger partial charge in [0.2, 0.25) is 11.1 Å². The summed E-state index contributed by atoms with van der Waals surface area (Å²) in [6, 6.07) is 12.3. The number of aryl methyl sites for hydroxylation is 4. The van der Waals surface area contributed by atoms with Crippen LogP contribution in [0.4, 0.5) is 0 Å². The minimum absolute atomic E-state index is 0.0493. The van der Waals surface area contributed by atoms with Gasteiger partial charge in [0.25, 0.3) is 0 Å². The monoisotopic (exact) mass is 395 g/mol. The fourth-order valence-electron chi connectivity index (χ4n) is 3.08. The zero-order chi connectivity index (χ0) is 20.3. The highest BCUT2D eigenvalue weighted by molar-refractivity contribution is 7.99. The average Bonchev–Trinajstić information content (AvgIpc) is 3.10. The van der Waals surface area contributed by atoms with Gasteiger partial charge in [-0.15, -0.1) is 5.10 Å². The van der Waals surface area contributed by atoms with Crippen LogP contribution in [0.15, 0.2) is 41.6 Å². The normalized spacial score (nSPS) is 12.0. The Hall–Kier alpha value is -2.67. The first-order valence-corrected chi connectivity index (χ1v) is 10.2. The van der Waals surface area contributed by atoms with E-state index in [0.717, 1.165) is 22.4 Å². The topological polar surface area (TPSA) is 72.7 Å². The van der Waals surface area contributed by atoms with E-state index in [4.69, 9.17) is 0 Å². The third-order valence-electron chi connectivity index (χ3n) is 4.83. The van der Waals surface area contributed by atoms with Crippen LogP contribution in [0.2, 0.25) is 0 Å². The Morgan fingerprint density at radius 3 is 2.46 bits per heavy atom. The number of benzene rings is 2. The molecule has 0 aliphatic heterocycles. The second-order valence-corrected chi connectivity index (χ2v) is 7.98. The highest BCUT2D eigenvalue weighted by atomic mass is 32.2. The summed E-state index contributed by atoms with van der Waals surface area (Å²) in [5.41, 5.74) is 6.70. The van der Waals surface area contributed by atoms with Gasteiger partial charge < -0.3 is 5.32 Å². The summed E-state index contributed by atoms with van der Waals surface area (Å²) in [7, 11) is 0. The van der Waals surface area contributed by atoms with Crippen LogP contribution in [0.5, 0.6) is 0 Å². The first-order valence-electron chi connectivity index (χ1n) is 9.21. The number of rotatable bonds is 6. The molecule has 1 aromatic heterocycles. The van der Waals surface area contributed by atoms with Gasteiger partial charge in [0.15, 0.2) is 0 Å². The molecule has 28 heavy (non-hydrogen) atoms. The first kappa shape index (κ1) is 20.1. The molecule has 0 aliphatic rings. The van der Waals surface area contributed by atoms with Gasteiger partial charge in [0.05, 0.1) is 17.5 Å². The number of thioether (sulfide) groups is 1. The van der Waals surface area contributed by atoms with Crippen molar-refractivity contribution in [2.45, 2.75) is 45.8 Å². The van der Waals surface area contributed by atoms with E-state index in [9.17, 15) is 4.79 Å². The van der Waals surface area contributed by atoms with Gasteiger partial charge >= 0.3 is 0 Å². The molecule has 1 heterocycles. The van der Waals surface area contributed by atoms with Crippen LogP contribution < -0.4 is 5.32 Å². The average molecular weight is 396 g/mol. The highest BCUT2D eigenvalue weighted by Gasteiger charge is 2.16. The van der Waals surface area contributed by atoms with Crippen molar-refractivity contribution in [2.75, 3.05) is 5.75 Å². The van der Waals surface area contributed by atoms with E-state index < -0.39 is 0 Å².